The van der Waals surface area contributed by atoms with Crippen molar-refractivity contribution in [2.75, 3.05) is 26.2 Å². The SMILES string of the molecule is CCCN1CCC(c2nc3c(C=CC(=O)OCC)cccc3[nH]2)CC1. The third-order valence-electron chi connectivity index (χ3n) is 4.76. The molecular formula is C20H27N3O2. The molecule has 1 saturated heterocycles. The molecule has 1 N–H and O–H groups in total. The lowest BCUT2D eigenvalue weighted by atomic mass is 9.96. The first-order valence-corrected chi connectivity index (χ1v) is 9.27. The van der Waals surface area contributed by atoms with Gasteiger partial charge >= 0.3 is 5.97 Å². The lowest BCUT2D eigenvalue weighted by molar-refractivity contribution is -0.137. The number of H-pyrrole nitrogens is 1. The zero-order chi connectivity index (χ0) is 17.6. The summed E-state index contributed by atoms with van der Waals surface area (Å²) in [4.78, 5) is 22.4. The lowest BCUT2D eigenvalue weighted by Crippen LogP contribution is -2.33. The Bertz CT molecular complexity index is 742. The lowest BCUT2D eigenvalue weighted by Gasteiger charge is -2.30. The molecular weight excluding hydrogens is 314 g/mol. The molecule has 2 heterocycles. The van der Waals surface area contributed by atoms with Crippen molar-refractivity contribution in [1.82, 2.24) is 14.9 Å². The van der Waals surface area contributed by atoms with E-state index in [1.807, 2.05) is 18.2 Å². The number of ether oxygens (including phenoxy) is 1. The zero-order valence-corrected chi connectivity index (χ0v) is 15.1. The number of likely N-dealkylation sites (tertiary alicyclic amines) is 1. The fourth-order valence-electron chi connectivity index (χ4n) is 3.50. The van der Waals surface area contributed by atoms with Gasteiger partial charge in [-0.15, -0.1) is 0 Å². The van der Waals surface area contributed by atoms with E-state index in [1.54, 1.807) is 13.0 Å². The Morgan fingerprint density at radius 1 is 1.36 bits per heavy atom. The van der Waals surface area contributed by atoms with Crippen LogP contribution in [0.2, 0.25) is 0 Å². The van der Waals surface area contributed by atoms with Crippen LogP contribution in [0.3, 0.4) is 0 Å². The van der Waals surface area contributed by atoms with Crippen molar-refractivity contribution in [1.29, 1.82) is 0 Å². The van der Waals surface area contributed by atoms with Gasteiger partial charge in [0.2, 0.25) is 0 Å². The topological polar surface area (TPSA) is 58.2 Å². The van der Waals surface area contributed by atoms with Crippen molar-refractivity contribution < 1.29 is 9.53 Å². The number of benzene rings is 1. The fourth-order valence-corrected chi connectivity index (χ4v) is 3.50. The van der Waals surface area contributed by atoms with Crippen molar-refractivity contribution in [2.45, 2.75) is 39.0 Å². The number of carbonyl (C=O) groups excluding carboxylic acids is 1. The van der Waals surface area contributed by atoms with Crippen LogP contribution in [-0.2, 0) is 9.53 Å². The van der Waals surface area contributed by atoms with Crippen molar-refractivity contribution in [3.8, 4) is 0 Å². The van der Waals surface area contributed by atoms with Crippen LogP contribution in [0.4, 0.5) is 0 Å². The minimum Gasteiger partial charge on any atom is -0.463 e. The molecule has 134 valence electrons. The predicted octanol–water partition coefficient (Wildman–Crippen LogP) is 3.73. The average Bonchev–Trinajstić information content (AvgIpc) is 3.06. The highest BCUT2D eigenvalue weighted by molar-refractivity contribution is 5.92. The molecule has 5 heteroatoms. The third-order valence-corrected chi connectivity index (χ3v) is 4.76. The molecule has 3 rings (SSSR count). The molecule has 1 aliphatic rings. The molecule has 0 unspecified atom stereocenters. The van der Waals surface area contributed by atoms with Crippen LogP contribution in [0.5, 0.6) is 0 Å². The molecule has 0 bridgehead atoms. The Balaban J connectivity index is 1.76. The minimum absolute atomic E-state index is 0.321. The maximum Gasteiger partial charge on any atom is 0.330 e. The molecule has 5 nitrogen and oxygen atoms in total. The fraction of sp³-hybridized carbons (Fsp3) is 0.500. The molecule has 25 heavy (non-hydrogen) atoms. The summed E-state index contributed by atoms with van der Waals surface area (Å²) in [6.45, 7) is 7.90. The number of nitrogens with zero attached hydrogens (tertiary/aromatic N) is 2. The number of hydrogen-bond donors (Lipinski definition) is 1. The van der Waals surface area contributed by atoms with Gasteiger partial charge in [-0.3, -0.25) is 0 Å². The molecule has 0 atom stereocenters. The Labute approximate surface area is 149 Å². The van der Waals surface area contributed by atoms with Crippen LogP contribution in [0, 0.1) is 0 Å². The molecule has 0 radical (unpaired) electrons. The van der Waals surface area contributed by atoms with Gasteiger partial charge in [-0.2, -0.15) is 0 Å². The van der Waals surface area contributed by atoms with E-state index >= 15 is 0 Å². The van der Waals surface area contributed by atoms with Crippen LogP contribution in [-0.4, -0.2) is 47.1 Å². The van der Waals surface area contributed by atoms with E-state index in [0.717, 1.165) is 48.4 Å². The second-order valence-electron chi connectivity index (χ2n) is 6.57. The molecule has 2 aromatic rings. The normalized spacial score (nSPS) is 16.7. The zero-order valence-electron chi connectivity index (χ0n) is 15.1. The largest absolute Gasteiger partial charge is 0.463 e. The van der Waals surface area contributed by atoms with Crippen molar-refractivity contribution in [3.05, 3.63) is 35.7 Å². The summed E-state index contributed by atoms with van der Waals surface area (Å²) in [5.41, 5.74) is 2.89. The van der Waals surface area contributed by atoms with Crippen LogP contribution in [0.1, 0.15) is 50.4 Å². The Morgan fingerprint density at radius 2 is 2.16 bits per heavy atom. The monoisotopic (exact) mass is 341 g/mol. The molecule has 0 saturated carbocycles. The highest BCUT2D eigenvalue weighted by Crippen LogP contribution is 2.29. The number of fused-ring (bicyclic) bond motifs is 1. The summed E-state index contributed by atoms with van der Waals surface area (Å²) >= 11 is 0. The van der Waals surface area contributed by atoms with Gasteiger partial charge in [0.15, 0.2) is 0 Å². The molecule has 0 amide bonds. The number of piperidine rings is 1. The maximum absolute atomic E-state index is 11.5. The quantitative estimate of drug-likeness (QED) is 0.642. The second-order valence-corrected chi connectivity index (χ2v) is 6.57. The molecule has 0 aliphatic carbocycles. The van der Waals surface area contributed by atoms with Crippen LogP contribution < -0.4 is 0 Å². The van der Waals surface area contributed by atoms with E-state index < -0.39 is 0 Å². The summed E-state index contributed by atoms with van der Waals surface area (Å²) in [5.74, 6) is 1.24. The van der Waals surface area contributed by atoms with Crippen molar-refractivity contribution >= 4 is 23.1 Å². The predicted molar refractivity (Wildman–Crippen MR) is 100 cm³/mol. The van der Waals surface area contributed by atoms with Gasteiger partial charge in [0.05, 0.1) is 17.6 Å². The number of para-hydroxylation sites is 1. The summed E-state index contributed by atoms with van der Waals surface area (Å²) in [6.07, 6.45) is 6.76. The number of nitrogens with one attached hydrogen (secondary N) is 1. The number of carbonyl (C=O) groups is 1. The molecule has 1 aromatic heterocycles. The molecule has 1 aromatic carbocycles. The molecule has 1 aliphatic heterocycles. The molecule has 0 spiro atoms. The van der Waals surface area contributed by atoms with Gasteiger partial charge in [-0.25, -0.2) is 9.78 Å². The average molecular weight is 341 g/mol. The number of hydrogen-bond acceptors (Lipinski definition) is 4. The van der Waals surface area contributed by atoms with Gasteiger partial charge in [-0.05, 0) is 58.0 Å². The van der Waals surface area contributed by atoms with E-state index in [2.05, 4.69) is 16.8 Å². The molecule has 1 fully saturated rings. The van der Waals surface area contributed by atoms with E-state index in [-0.39, 0.29) is 5.97 Å². The van der Waals surface area contributed by atoms with Crippen LogP contribution in [0.15, 0.2) is 24.3 Å². The second kappa shape index (κ2) is 8.30. The number of aromatic nitrogens is 2. The highest BCUT2D eigenvalue weighted by atomic mass is 16.5. The van der Waals surface area contributed by atoms with Gasteiger partial charge in [0, 0.05) is 17.6 Å². The first-order valence-electron chi connectivity index (χ1n) is 9.27. The number of esters is 1. The first kappa shape index (κ1) is 17.7. The number of rotatable bonds is 6. The summed E-state index contributed by atoms with van der Waals surface area (Å²) < 4.78 is 4.95. The van der Waals surface area contributed by atoms with E-state index in [1.165, 1.54) is 19.0 Å². The van der Waals surface area contributed by atoms with Gasteiger partial charge in [0.25, 0.3) is 0 Å². The Hall–Kier alpha value is -2.14. The number of imidazole rings is 1. The Kier molecular flexibility index (Phi) is 5.87. The minimum atomic E-state index is -0.321. The van der Waals surface area contributed by atoms with E-state index in [9.17, 15) is 4.79 Å². The van der Waals surface area contributed by atoms with Crippen LogP contribution >= 0.6 is 0 Å². The van der Waals surface area contributed by atoms with Crippen molar-refractivity contribution in [2.24, 2.45) is 0 Å². The summed E-state index contributed by atoms with van der Waals surface area (Å²) in [6, 6.07) is 6.01. The van der Waals surface area contributed by atoms with E-state index in [0.29, 0.717) is 12.5 Å². The highest BCUT2D eigenvalue weighted by Gasteiger charge is 2.22. The third kappa shape index (κ3) is 4.28. The van der Waals surface area contributed by atoms with Crippen LogP contribution in [0.25, 0.3) is 17.1 Å². The van der Waals surface area contributed by atoms with Gasteiger partial charge < -0.3 is 14.6 Å². The first-order chi connectivity index (χ1) is 12.2. The van der Waals surface area contributed by atoms with E-state index in [4.69, 9.17) is 9.72 Å². The smallest absolute Gasteiger partial charge is 0.330 e. The maximum atomic E-state index is 11.5. The van der Waals surface area contributed by atoms with Gasteiger partial charge in [-0.1, -0.05) is 19.1 Å². The Morgan fingerprint density at radius 3 is 2.88 bits per heavy atom. The number of aromatic amines is 1. The summed E-state index contributed by atoms with van der Waals surface area (Å²) in [5, 5.41) is 0. The van der Waals surface area contributed by atoms with Crippen molar-refractivity contribution in [3.63, 3.8) is 0 Å². The van der Waals surface area contributed by atoms with Gasteiger partial charge in [0.1, 0.15) is 5.82 Å². The summed E-state index contributed by atoms with van der Waals surface area (Å²) in [7, 11) is 0. The standard InChI is InChI=1S/C20H27N3O2/c1-3-12-23-13-10-16(11-14-23)20-21-17-7-5-6-15(19(17)22-20)8-9-18(24)25-4-2/h5-9,16H,3-4,10-14H2,1-2H3,(H,21,22).